The Kier molecular flexibility index (Phi) is 8.62. The van der Waals surface area contributed by atoms with Crippen LogP contribution < -0.4 is 5.32 Å². The Hall–Kier alpha value is -0.160. The van der Waals surface area contributed by atoms with Gasteiger partial charge in [-0.3, -0.25) is 4.90 Å². The van der Waals surface area contributed by atoms with Gasteiger partial charge < -0.3 is 15.0 Å². The maximum atomic E-state index is 5.81. The molecule has 1 unspecified atom stereocenters. The molecular weight excluding hydrogens is 238 g/mol. The number of ether oxygens (including phenoxy) is 1. The van der Waals surface area contributed by atoms with Gasteiger partial charge in [0.05, 0.1) is 12.7 Å². The van der Waals surface area contributed by atoms with E-state index in [1.54, 1.807) is 0 Å². The predicted molar refractivity (Wildman–Crippen MR) is 81.7 cm³/mol. The van der Waals surface area contributed by atoms with Crippen LogP contribution in [0, 0.1) is 0 Å². The normalized spacial score (nSPS) is 21.5. The van der Waals surface area contributed by atoms with Crippen LogP contribution >= 0.6 is 0 Å². The molecule has 0 bridgehead atoms. The van der Waals surface area contributed by atoms with Crippen LogP contribution in [0.15, 0.2) is 0 Å². The molecule has 1 atom stereocenters. The zero-order chi connectivity index (χ0) is 14.1. The quantitative estimate of drug-likeness (QED) is 0.642. The SMILES string of the molecule is CCN(CC)CCCNCC1CN(C(C)C)CCO1. The van der Waals surface area contributed by atoms with Crippen LogP contribution in [0.5, 0.6) is 0 Å². The molecule has 0 saturated carbocycles. The molecule has 4 nitrogen and oxygen atoms in total. The molecule has 1 fully saturated rings. The van der Waals surface area contributed by atoms with Crippen LogP contribution in [0.25, 0.3) is 0 Å². The van der Waals surface area contributed by atoms with Crippen molar-refractivity contribution in [3.05, 3.63) is 0 Å². The maximum Gasteiger partial charge on any atom is 0.0826 e. The molecule has 114 valence electrons. The molecule has 1 saturated heterocycles. The zero-order valence-corrected chi connectivity index (χ0v) is 13.3. The smallest absolute Gasteiger partial charge is 0.0826 e. The van der Waals surface area contributed by atoms with E-state index in [1.807, 2.05) is 0 Å². The summed E-state index contributed by atoms with van der Waals surface area (Å²) in [5, 5.41) is 3.54. The zero-order valence-electron chi connectivity index (χ0n) is 13.3. The highest BCUT2D eigenvalue weighted by Gasteiger charge is 2.21. The number of nitrogens with zero attached hydrogens (tertiary/aromatic N) is 2. The van der Waals surface area contributed by atoms with E-state index in [-0.39, 0.29) is 0 Å². The standard InChI is InChI=1S/C15H33N3O/c1-5-17(6-2)9-7-8-16-12-15-13-18(14(3)4)10-11-19-15/h14-16H,5-13H2,1-4H3. The maximum absolute atomic E-state index is 5.81. The van der Waals surface area contributed by atoms with Gasteiger partial charge >= 0.3 is 0 Å². The van der Waals surface area contributed by atoms with Crippen molar-refractivity contribution in [1.29, 1.82) is 0 Å². The molecule has 0 amide bonds. The van der Waals surface area contributed by atoms with Crippen LogP contribution in [0.4, 0.5) is 0 Å². The van der Waals surface area contributed by atoms with E-state index >= 15 is 0 Å². The minimum atomic E-state index is 0.365. The van der Waals surface area contributed by atoms with Gasteiger partial charge in [0, 0.05) is 25.7 Å². The minimum absolute atomic E-state index is 0.365. The summed E-state index contributed by atoms with van der Waals surface area (Å²) in [7, 11) is 0. The molecule has 1 heterocycles. The van der Waals surface area contributed by atoms with Gasteiger partial charge in [-0.2, -0.15) is 0 Å². The molecule has 0 radical (unpaired) electrons. The van der Waals surface area contributed by atoms with E-state index in [4.69, 9.17) is 4.74 Å². The lowest BCUT2D eigenvalue weighted by molar-refractivity contribution is -0.0371. The van der Waals surface area contributed by atoms with Crippen LogP contribution in [0.2, 0.25) is 0 Å². The lowest BCUT2D eigenvalue weighted by Crippen LogP contribution is -2.49. The fourth-order valence-electron chi connectivity index (χ4n) is 2.57. The van der Waals surface area contributed by atoms with Crippen molar-refractivity contribution in [3.8, 4) is 0 Å². The largest absolute Gasteiger partial charge is 0.374 e. The number of nitrogens with one attached hydrogen (secondary N) is 1. The molecule has 1 aliphatic heterocycles. The molecular formula is C15H33N3O. The summed E-state index contributed by atoms with van der Waals surface area (Å²) in [6.07, 6.45) is 1.59. The first-order valence-electron chi connectivity index (χ1n) is 7.96. The molecule has 0 aliphatic carbocycles. The first-order chi connectivity index (χ1) is 9.17. The van der Waals surface area contributed by atoms with Crippen LogP contribution in [-0.4, -0.2) is 74.4 Å². The Morgan fingerprint density at radius 3 is 2.68 bits per heavy atom. The highest BCUT2D eigenvalue weighted by molar-refractivity contribution is 4.75. The van der Waals surface area contributed by atoms with Crippen molar-refractivity contribution >= 4 is 0 Å². The van der Waals surface area contributed by atoms with Gasteiger partial charge in [-0.05, 0) is 46.4 Å². The minimum Gasteiger partial charge on any atom is -0.374 e. The fraction of sp³-hybridized carbons (Fsp3) is 1.00. The lowest BCUT2D eigenvalue weighted by Gasteiger charge is -2.35. The summed E-state index contributed by atoms with van der Waals surface area (Å²) in [6, 6.07) is 0.633. The number of hydrogen-bond acceptors (Lipinski definition) is 4. The molecule has 0 aromatic heterocycles. The summed E-state index contributed by atoms with van der Waals surface area (Å²) >= 11 is 0. The van der Waals surface area contributed by atoms with Crippen molar-refractivity contribution < 1.29 is 4.74 Å². The van der Waals surface area contributed by atoms with Crippen molar-refractivity contribution in [3.63, 3.8) is 0 Å². The van der Waals surface area contributed by atoms with Crippen LogP contribution in [-0.2, 0) is 4.74 Å². The Bertz CT molecular complexity index is 219. The average molecular weight is 271 g/mol. The summed E-state index contributed by atoms with van der Waals surface area (Å²) in [6.45, 7) is 17.6. The molecule has 4 heteroatoms. The van der Waals surface area contributed by atoms with Gasteiger partial charge in [0.2, 0.25) is 0 Å². The van der Waals surface area contributed by atoms with E-state index in [0.717, 1.165) is 45.9 Å². The molecule has 0 spiro atoms. The summed E-state index contributed by atoms with van der Waals surface area (Å²) < 4.78 is 5.81. The van der Waals surface area contributed by atoms with Gasteiger partial charge in [-0.25, -0.2) is 0 Å². The Labute approximate surface area is 119 Å². The highest BCUT2D eigenvalue weighted by atomic mass is 16.5. The topological polar surface area (TPSA) is 27.7 Å². The molecule has 1 aliphatic rings. The second-order valence-electron chi connectivity index (χ2n) is 5.67. The van der Waals surface area contributed by atoms with Crippen LogP contribution in [0.1, 0.15) is 34.1 Å². The summed E-state index contributed by atoms with van der Waals surface area (Å²) in [4.78, 5) is 4.98. The first kappa shape index (κ1) is 16.9. The van der Waals surface area contributed by atoms with E-state index in [9.17, 15) is 0 Å². The van der Waals surface area contributed by atoms with Gasteiger partial charge in [0.1, 0.15) is 0 Å². The van der Waals surface area contributed by atoms with E-state index in [0.29, 0.717) is 12.1 Å². The molecule has 1 rings (SSSR count). The number of morpholine rings is 1. The van der Waals surface area contributed by atoms with Gasteiger partial charge in [0.15, 0.2) is 0 Å². The van der Waals surface area contributed by atoms with Crippen molar-refractivity contribution in [1.82, 2.24) is 15.1 Å². The monoisotopic (exact) mass is 271 g/mol. The van der Waals surface area contributed by atoms with Crippen molar-refractivity contribution in [2.24, 2.45) is 0 Å². The van der Waals surface area contributed by atoms with Crippen molar-refractivity contribution in [2.75, 3.05) is 52.4 Å². The third kappa shape index (κ3) is 6.70. The van der Waals surface area contributed by atoms with E-state index < -0.39 is 0 Å². The Balaban J connectivity index is 2.06. The van der Waals surface area contributed by atoms with Gasteiger partial charge in [-0.1, -0.05) is 13.8 Å². The predicted octanol–water partition coefficient (Wildman–Crippen LogP) is 1.42. The lowest BCUT2D eigenvalue weighted by atomic mass is 10.2. The number of rotatable bonds is 9. The Morgan fingerprint density at radius 2 is 2.05 bits per heavy atom. The average Bonchev–Trinajstić information content (AvgIpc) is 2.43. The van der Waals surface area contributed by atoms with Gasteiger partial charge in [-0.15, -0.1) is 0 Å². The second kappa shape index (κ2) is 9.70. The Morgan fingerprint density at radius 1 is 1.32 bits per heavy atom. The summed E-state index contributed by atoms with van der Waals surface area (Å²) in [5.41, 5.74) is 0. The van der Waals surface area contributed by atoms with E-state index in [2.05, 4.69) is 42.8 Å². The highest BCUT2D eigenvalue weighted by Crippen LogP contribution is 2.07. The third-order valence-electron chi connectivity index (χ3n) is 3.99. The van der Waals surface area contributed by atoms with Crippen LogP contribution in [0.3, 0.4) is 0 Å². The molecule has 1 N–H and O–H groups in total. The van der Waals surface area contributed by atoms with E-state index in [1.165, 1.54) is 13.0 Å². The molecule has 0 aromatic carbocycles. The fourth-order valence-corrected chi connectivity index (χ4v) is 2.57. The van der Waals surface area contributed by atoms with Gasteiger partial charge in [0.25, 0.3) is 0 Å². The third-order valence-corrected chi connectivity index (χ3v) is 3.99. The molecule has 19 heavy (non-hydrogen) atoms. The van der Waals surface area contributed by atoms with Crippen molar-refractivity contribution in [2.45, 2.75) is 46.3 Å². The first-order valence-corrected chi connectivity index (χ1v) is 7.96. The molecule has 0 aromatic rings. The second-order valence-corrected chi connectivity index (χ2v) is 5.67. The number of hydrogen-bond donors (Lipinski definition) is 1. The summed E-state index contributed by atoms with van der Waals surface area (Å²) in [5.74, 6) is 0.